The van der Waals surface area contributed by atoms with E-state index >= 15 is 0 Å². The van der Waals surface area contributed by atoms with E-state index in [2.05, 4.69) is 4.72 Å². The minimum absolute atomic E-state index is 0.00890. The molecule has 0 aromatic heterocycles. The molecule has 2 aliphatic heterocycles. The number of rotatable bonds is 12. The highest BCUT2D eigenvalue weighted by Gasteiger charge is 2.26. The molecule has 13 heteroatoms. The van der Waals surface area contributed by atoms with Crippen LogP contribution in [0.15, 0.2) is 59.5 Å². The maximum atomic E-state index is 13.5. The van der Waals surface area contributed by atoms with Crippen molar-refractivity contribution in [2.24, 2.45) is 0 Å². The van der Waals surface area contributed by atoms with E-state index in [1.54, 1.807) is 24.3 Å². The summed E-state index contributed by atoms with van der Waals surface area (Å²) in [6.45, 7) is 0.860. The Bertz CT molecular complexity index is 1520. The number of sulfonamides is 1. The molecule has 0 amide bonds. The Morgan fingerprint density at radius 3 is 2.52 bits per heavy atom. The van der Waals surface area contributed by atoms with Crippen molar-refractivity contribution < 1.29 is 51.1 Å². The third kappa shape index (κ3) is 6.81. The van der Waals surface area contributed by atoms with Crippen LogP contribution in [0.1, 0.15) is 29.6 Å². The van der Waals surface area contributed by atoms with Crippen LogP contribution >= 0.6 is 0 Å². The molecule has 0 radical (unpaired) electrons. The highest BCUT2D eigenvalue weighted by molar-refractivity contribution is 7.92. The molecule has 1 fully saturated rings. The first-order valence-electron chi connectivity index (χ1n) is 13.2. The molecule has 3 aromatic carbocycles. The summed E-state index contributed by atoms with van der Waals surface area (Å²) in [6, 6.07) is 13.8. The van der Waals surface area contributed by atoms with Gasteiger partial charge in [-0.25, -0.2) is 13.2 Å². The lowest BCUT2D eigenvalue weighted by atomic mass is 10.1. The van der Waals surface area contributed by atoms with E-state index in [4.69, 9.17) is 37.9 Å². The summed E-state index contributed by atoms with van der Waals surface area (Å²) in [6.07, 6.45) is 2.46. The summed E-state index contributed by atoms with van der Waals surface area (Å²) in [7, 11) is -1.52. The number of anilines is 1. The zero-order chi connectivity index (χ0) is 29.5. The molecule has 2 aliphatic rings. The highest BCUT2D eigenvalue weighted by Crippen LogP contribution is 2.44. The first kappa shape index (κ1) is 29.3. The summed E-state index contributed by atoms with van der Waals surface area (Å²) in [4.78, 5) is 12.5. The molecule has 0 spiro atoms. The monoisotopic (exact) mass is 601 g/mol. The maximum Gasteiger partial charge on any atom is 0.338 e. The molecule has 0 saturated carbocycles. The third-order valence-corrected chi connectivity index (χ3v) is 7.80. The highest BCUT2D eigenvalue weighted by atomic mass is 32.2. The number of para-hydroxylation sites is 2. The van der Waals surface area contributed by atoms with Crippen molar-refractivity contribution in [3.63, 3.8) is 0 Å². The van der Waals surface area contributed by atoms with Crippen molar-refractivity contribution >= 4 is 21.7 Å². The number of fused-ring (bicyclic) bond motifs is 1. The van der Waals surface area contributed by atoms with Gasteiger partial charge in [-0.15, -0.1) is 0 Å². The Morgan fingerprint density at radius 1 is 0.952 bits per heavy atom. The Hall–Kier alpha value is -4.20. The molecule has 1 N–H and O–H groups in total. The lowest BCUT2D eigenvalue weighted by Crippen LogP contribution is -2.24. The molecule has 1 atom stereocenters. The molecule has 0 bridgehead atoms. The van der Waals surface area contributed by atoms with Crippen molar-refractivity contribution in [1.82, 2.24) is 0 Å². The number of carbonyl (C=O) groups excluding carboxylic acids is 1. The zero-order valence-corrected chi connectivity index (χ0v) is 23.9. The van der Waals surface area contributed by atoms with Crippen LogP contribution in [0.2, 0.25) is 0 Å². The van der Waals surface area contributed by atoms with Gasteiger partial charge < -0.3 is 37.9 Å². The van der Waals surface area contributed by atoms with Gasteiger partial charge >= 0.3 is 5.97 Å². The van der Waals surface area contributed by atoms with Gasteiger partial charge in [0.1, 0.15) is 6.61 Å². The van der Waals surface area contributed by atoms with Crippen LogP contribution in [-0.4, -0.2) is 61.5 Å². The van der Waals surface area contributed by atoms with Gasteiger partial charge in [0.2, 0.25) is 6.79 Å². The minimum atomic E-state index is -4.22. The van der Waals surface area contributed by atoms with E-state index in [0.29, 0.717) is 18.1 Å². The number of hydrogen-bond donors (Lipinski definition) is 1. The number of ether oxygens (including phenoxy) is 8. The Kier molecular flexibility index (Phi) is 9.20. The normalized spacial score (nSPS) is 16.0. The van der Waals surface area contributed by atoms with Crippen molar-refractivity contribution in [3.05, 3.63) is 60.2 Å². The fraction of sp³-hybridized carbons (Fsp3) is 0.345. The van der Waals surface area contributed by atoms with Crippen molar-refractivity contribution in [3.8, 4) is 34.5 Å². The van der Waals surface area contributed by atoms with Gasteiger partial charge in [0.25, 0.3) is 10.0 Å². The number of esters is 1. The van der Waals surface area contributed by atoms with Crippen LogP contribution in [0.4, 0.5) is 5.69 Å². The maximum absolute atomic E-state index is 13.5. The smallest absolute Gasteiger partial charge is 0.338 e. The fourth-order valence-corrected chi connectivity index (χ4v) is 5.43. The summed E-state index contributed by atoms with van der Waals surface area (Å²) >= 11 is 0. The molecule has 2 heterocycles. The largest absolute Gasteiger partial charge is 0.493 e. The first-order valence-corrected chi connectivity index (χ1v) is 14.7. The molecule has 12 nitrogen and oxygen atoms in total. The molecule has 5 rings (SSSR count). The fourth-order valence-electron chi connectivity index (χ4n) is 4.36. The van der Waals surface area contributed by atoms with E-state index in [0.717, 1.165) is 19.3 Å². The van der Waals surface area contributed by atoms with Gasteiger partial charge in [0.05, 0.1) is 37.0 Å². The average Bonchev–Trinajstić information content (AvgIpc) is 3.49. The quantitative estimate of drug-likeness (QED) is 0.228. The SMILES string of the molecule is COC(=O)c1cc(NS(=O)(=O)c2ccc3c(c2)OCO3)c(Oc2ccccc2OC)c(OCCOC2CCCCO2)c1. The van der Waals surface area contributed by atoms with Crippen molar-refractivity contribution in [2.75, 3.05) is 45.6 Å². The first-order chi connectivity index (χ1) is 20.4. The van der Waals surface area contributed by atoms with Crippen LogP contribution in [0, 0.1) is 0 Å². The van der Waals surface area contributed by atoms with Crippen LogP contribution in [0.5, 0.6) is 34.5 Å². The van der Waals surface area contributed by atoms with Crippen LogP contribution < -0.4 is 28.4 Å². The molecule has 3 aromatic rings. The molecule has 42 heavy (non-hydrogen) atoms. The zero-order valence-electron chi connectivity index (χ0n) is 23.1. The van der Waals surface area contributed by atoms with Crippen LogP contribution in [-0.2, 0) is 24.2 Å². The van der Waals surface area contributed by atoms with Gasteiger partial charge in [-0.05, 0) is 55.7 Å². The molecule has 1 unspecified atom stereocenters. The third-order valence-electron chi connectivity index (χ3n) is 6.44. The van der Waals surface area contributed by atoms with Crippen molar-refractivity contribution in [1.29, 1.82) is 0 Å². The number of nitrogens with one attached hydrogen (secondary N) is 1. The van der Waals surface area contributed by atoms with Crippen LogP contribution in [0.3, 0.4) is 0 Å². The predicted octanol–water partition coefficient (Wildman–Crippen LogP) is 4.73. The Labute approximate surface area is 243 Å². The second-order valence-corrected chi connectivity index (χ2v) is 10.9. The second-order valence-electron chi connectivity index (χ2n) is 9.23. The number of hydrogen-bond acceptors (Lipinski definition) is 11. The average molecular weight is 602 g/mol. The summed E-state index contributed by atoms with van der Waals surface area (Å²) in [5.74, 6) is 0.745. The van der Waals surface area contributed by atoms with Crippen molar-refractivity contribution in [2.45, 2.75) is 30.4 Å². The Morgan fingerprint density at radius 2 is 1.76 bits per heavy atom. The van der Waals surface area contributed by atoms with E-state index in [9.17, 15) is 13.2 Å². The lowest BCUT2D eigenvalue weighted by Gasteiger charge is -2.23. The topological polar surface area (TPSA) is 137 Å². The van der Waals surface area contributed by atoms with Gasteiger partial charge in [0.15, 0.2) is 40.8 Å². The molecular weight excluding hydrogens is 570 g/mol. The van der Waals surface area contributed by atoms with E-state index in [-0.39, 0.29) is 65.4 Å². The van der Waals surface area contributed by atoms with Gasteiger partial charge in [-0.2, -0.15) is 0 Å². The minimum Gasteiger partial charge on any atom is -0.493 e. The van der Waals surface area contributed by atoms with Gasteiger partial charge in [-0.1, -0.05) is 12.1 Å². The molecule has 0 aliphatic carbocycles. The molecule has 224 valence electrons. The van der Waals surface area contributed by atoms with Gasteiger partial charge in [-0.3, -0.25) is 4.72 Å². The number of benzene rings is 3. The molecule has 1 saturated heterocycles. The number of methoxy groups -OCH3 is 2. The van der Waals surface area contributed by atoms with Crippen LogP contribution in [0.25, 0.3) is 0 Å². The van der Waals surface area contributed by atoms with E-state index in [1.165, 1.54) is 44.6 Å². The van der Waals surface area contributed by atoms with Gasteiger partial charge in [0, 0.05) is 12.7 Å². The summed E-state index contributed by atoms with van der Waals surface area (Å²) < 4.78 is 74.1. The summed E-state index contributed by atoms with van der Waals surface area (Å²) in [5.41, 5.74) is -0.0483. The van der Waals surface area contributed by atoms with E-state index < -0.39 is 16.0 Å². The van der Waals surface area contributed by atoms with E-state index in [1.807, 2.05) is 0 Å². The second kappa shape index (κ2) is 13.2. The lowest BCUT2D eigenvalue weighted by molar-refractivity contribution is -0.165. The number of carbonyl (C=O) groups is 1. The predicted molar refractivity (Wildman–Crippen MR) is 149 cm³/mol. The molecular formula is C29H31NO11S. The standard InChI is InChI=1S/C29H31NO11S/c1-34-22-7-3-4-8-24(22)41-28-21(30-42(32,33)20-10-11-23-25(17-20)40-18-39-23)15-19(29(31)35-2)16-26(28)36-13-14-38-27-9-5-6-12-37-27/h3-4,7-8,10-11,15-17,27,30H,5-6,9,12-14,18H2,1-2H3. The summed E-state index contributed by atoms with van der Waals surface area (Å²) in [5, 5.41) is 0. The Balaban J connectivity index is 1.50.